The van der Waals surface area contributed by atoms with Gasteiger partial charge in [0, 0.05) is 25.0 Å². The Kier molecular flexibility index (Phi) is 31.0. The van der Waals surface area contributed by atoms with E-state index in [2.05, 4.69) is 60.5 Å². The van der Waals surface area contributed by atoms with Crippen LogP contribution in [-0.2, 0) is 62.3 Å². The summed E-state index contributed by atoms with van der Waals surface area (Å²) in [6.45, 7) is 13.3. The standard InChI is InChI=1S/C46H79N11O17S/c1-20(2)16-25(47)38(65)55-31(19-75)43(70)51-26(10-13-32(48)59)39(66)49-24(9)37(64)56-35(22(5)6)44(71)52-27(11-14-33(60)61)40(67)50-28(12-15-34(62)63)41(68)57-36(23(7)8)45(72)54-30(18-58)42(69)53-29(46(73)74)17-21(3)4/h20-31,35-36,58,75H,10-19,47H2,1-9H3,(H2,48,59)(H,49,66)(H,50,67)(H,51,70)(H,52,71)(H,53,69)(H,54,72)(H,55,65)(H,56,64)(H,57,68)(H,60,61)(H,62,63)(H,73,74)/t24-,25-,26-,27-,28-,29-,30-,31-,35-,36-/m0/s1. The second-order valence-electron chi connectivity index (χ2n) is 19.5. The van der Waals surface area contributed by atoms with Crippen LogP contribution < -0.4 is 59.3 Å². The van der Waals surface area contributed by atoms with Crippen molar-refractivity contribution in [3.63, 3.8) is 0 Å². The van der Waals surface area contributed by atoms with Crippen LogP contribution in [0.3, 0.4) is 0 Å². The number of carbonyl (C=O) groups is 13. The zero-order chi connectivity index (χ0) is 58.0. The average Bonchev–Trinajstić information content (AvgIpc) is 3.30. The molecule has 28 nitrogen and oxygen atoms in total. The Bertz CT molecular complexity index is 2020. The lowest BCUT2D eigenvalue weighted by atomic mass is 10.0. The van der Waals surface area contributed by atoms with Gasteiger partial charge in [0.15, 0.2) is 0 Å². The third kappa shape index (κ3) is 26.4. The fourth-order valence-corrected chi connectivity index (χ4v) is 7.18. The first kappa shape index (κ1) is 68.4. The van der Waals surface area contributed by atoms with E-state index in [1.807, 2.05) is 13.8 Å². The van der Waals surface area contributed by atoms with E-state index in [0.717, 1.165) is 0 Å². The van der Waals surface area contributed by atoms with Crippen LogP contribution in [0.5, 0.6) is 0 Å². The normalized spacial score (nSPS) is 15.3. The van der Waals surface area contributed by atoms with Crippen LogP contribution in [-0.4, -0.2) is 170 Å². The van der Waals surface area contributed by atoms with E-state index in [9.17, 15) is 82.8 Å². The maximum absolute atomic E-state index is 13.9. The Labute approximate surface area is 440 Å². The number of aliphatic hydroxyl groups excluding tert-OH is 1. The molecule has 0 fully saturated rings. The number of aliphatic carboxylic acids is 3. The van der Waals surface area contributed by atoms with Gasteiger partial charge in [-0.25, -0.2) is 4.79 Å². The molecule has 75 heavy (non-hydrogen) atoms. The van der Waals surface area contributed by atoms with Crippen molar-refractivity contribution in [1.29, 1.82) is 0 Å². The molecule has 0 bridgehead atoms. The molecule has 0 spiro atoms. The number of primary amides is 1. The molecule has 0 heterocycles. The zero-order valence-electron chi connectivity index (χ0n) is 43.9. The highest BCUT2D eigenvalue weighted by molar-refractivity contribution is 7.80. The lowest BCUT2D eigenvalue weighted by molar-refractivity contribution is -0.143. The molecule has 0 radical (unpaired) electrons. The number of carbonyl (C=O) groups excluding carboxylic acids is 10. The number of carboxylic acids is 3. The summed E-state index contributed by atoms with van der Waals surface area (Å²) in [5.74, 6) is -15.8. The number of carboxylic acid groups (broad SMARTS) is 3. The van der Waals surface area contributed by atoms with Crippen LogP contribution in [0, 0.1) is 23.7 Å². The van der Waals surface area contributed by atoms with Crippen molar-refractivity contribution < 1.29 is 82.8 Å². The van der Waals surface area contributed by atoms with Crippen molar-refractivity contribution in [3.8, 4) is 0 Å². The SMILES string of the molecule is CC(C)C[C@H](NC(=O)[C@H](CO)NC(=O)[C@@H](NC(=O)[C@H](CCC(=O)O)NC(=O)[C@H](CCC(=O)O)NC(=O)[C@@H](NC(=O)[C@H](C)NC(=O)[C@H](CCC(N)=O)NC(=O)[C@H](CS)NC(=O)[C@@H](N)CC(C)C)C(C)C)C(C)C)C(=O)O. The van der Waals surface area contributed by atoms with Gasteiger partial charge in [0.1, 0.15) is 54.4 Å². The molecular weight excluding hydrogens is 1010 g/mol. The number of aliphatic hydroxyl groups is 1. The monoisotopic (exact) mass is 1090 g/mol. The van der Waals surface area contributed by atoms with E-state index in [4.69, 9.17) is 11.5 Å². The predicted molar refractivity (Wildman–Crippen MR) is 270 cm³/mol. The van der Waals surface area contributed by atoms with Gasteiger partial charge in [-0.15, -0.1) is 0 Å². The minimum Gasteiger partial charge on any atom is -0.481 e. The summed E-state index contributed by atoms with van der Waals surface area (Å²) in [6, 6.07) is -14.7. The van der Waals surface area contributed by atoms with Gasteiger partial charge in [-0.05, 0) is 62.7 Å². The van der Waals surface area contributed by atoms with Crippen molar-refractivity contribution in [3.05, 3.63) is 0 Å². The van der Waals surface area contributed by atoms with E-state index >= 15 is 0 Å². The van der Waals surface area contributed by atoms with Gasteiger partial charge >= 0.3 is 17.9 Å². The number of amides is 10. The van der Waals surface area contributed by atoms with Crippen LogP contribution in [0.15, 0.2) is 0 Å². The van der Waals surface area contributed by atoms with Crippen LogP contribution >= 0.6 is 12.6 Å². The van der Waals surface area contributed by atoms with Crippen LogP contribution in [0.1, 0.15) is 114 Å². The molecule has 0 aromatic carbocycles. The van der Waals surface area contributed by atoms with Crippen LogP contribution in [0.2, 0.25) is 0 Å². The van der Waals surface area contributed by atoms with Gasteiger partial charge in [-0.2, -0.15) is 12.6 Å². The van der Waals surface area contributed by atoms with Gasteiger partial charge in [0.05, 0.1) is 12.6 Å². The second-order valence-corrected chi connectivity index (χ2v) is 19.9. The fourth-order valence-electron chi connectivity index (χ4n) is 6.92. The molecule has 0 aliphatic heterocycles. The number of thiol groups is 1. The maximum atomic E-state index is 13.9. The molecular formula is C46H79N11O17S. The van der Waals surface area contributed by atoms with E-state index in [1.165, 1.54) is 34.6 Å². The largest absolute Gasteiger partial charge is 0.481 e. The molecule has 0 aromatic rings. The average molecular weight is 1090 g/mol. The lowest BCUT2D eigenvalue weighted by Crippen LogP contribution is -2.61. The third-order valence-corrected chi connectivity index (χ3v) is 11.5. The number of hydrogen-bond donors (Lipinski definition) is 16. The van der Waals surface area contributed by atoms with Gasteiger partial charge in [-0.3, -0.25) is 57.5 Å². The first-order valence-corrected chi connectivity index (χ1v) is 25.0. The number of rotatable bonds is 36. The minimum absolute atomic E-state index is 0.0183. The molecule has 0 saturated carbocycles. The summed E-state index contributed by atoms with van der Waals surface area (Å²) in [6.07, 6.45) is -3.08. The van der Waals surface area contributed by atoms with E-state index in [-0.39, 0.29) is 30.4 Å². The predicted octanol–water partition coefficient (Wildman–Crippen LogP) is -3.90. The summed E-state index contributed by atoms with van der Waals surface area (Å²) in [5.41, 5.74) is 11.2. The Morgan fingerprint density at radius 1 is 0.427 bits per heavy atom. The van der Waals surface area contributed by atoms with Crippen LogP contribution in [0.25, 0.3) is 0 Å². The van der Waals surface area contributed by atoms with Crippen molar-refractivity contribution in [2.24, 2.45) is 35.1 Å². The van der Waals surface area contributed by atoms with E-state index < -0.39 is 188 Å². The van der Waals surface area contributed by atoms with Crippen molar-refractivity contribution >= 4 is 89.6 Å². The highest BCUT2D eigenvalue weighted by Crippen LogP contribution is 2.11. The Morgan fingerprint density at radius 3 is 1.16 bits per heavy atom. The summed E-state index contributed by atoms with van der Waals surface area (Å²) in [7, 11) is 0. The number of hydrogen-bond acceptors (Lipinski definition) is 16. The Balaban J connectivity index is 6.43. The first-order valence-electron chi connectivity index (χ1n) is 24.4. The Morgan fingerprint density at radius 2 is 0.773 bits per heavy atom. The summed E-state index contributed by atoms with van der Waals surface area (Å²) >= 11 is 4.12. The summed E-state index contributed by atoms with van der Waals surface area (Å²) < 4.78 is 0. The van der Waals surface area contributed by atoms with Gasteiger partial charge in [0.25, 0.3) is 0 Å². The maximum Gasteiger partial charge on any atom is 0.326 e. The highest BCUT2D eigenvalue weighted by atomic mass is 32.1. The molecule has 0 rings (SSSR count). The quantitative estimate of drug-likeness (QED) is 0.0267. The van der Waals surface area contributed by atoms with Crippen molar-refractivity contribution in [1.82, 2.24) is 47.9 Å². The second kappa shape index (κ2) is 34.0. The third-order valence-electron chi connectivity index (χ3n) is 11.1. The Hall–Kier alpha value is -6.62. The van der Waals surface area contributed by atoms with E-state index in [0.29, 0.717) is 6.42 Å². The zero-order valence-corrected chi connectivity index (χ0v) is 44.7. The first-order chi connectivity index (χ1) is 34.8. The van der Waals surface area contributed by atoms with E-state index in [1.54, 1.807) is 13.8 Å². The van der Waals surface area contributed by atoms with Gasteiger partial charge in [-0.1, -0.05) is 55.4 Å². The number of nitrogens with two attached hydrogens (primary N) is 2. The van der Waals surface area contributed by atoms with Crippen molar-refractivity contribution in [2.75, 3.05) is 12.4 Å². The molecule has 10 atom stereocenters. The summed E-state index contributed by atoms with van der Waals surface area (Å²) in [4.78, 5) is 167. The molecule has 0 aliphatic carbocycles. The van der Waals surface area contributed by atoms with Crippen LogP contribution in [0.4, 0.5) is 0 Å². The lowest BCUT2D eigenvalue weighted by Gasteiger charge is -2.29. The molecule has 10 amide bonds. The molecule has 29 heteroatoms. The minimum atomic E-state index is -1.76. The summed E-state index contributed by atoms with van der Waals surface area (Å²) in [5, 5.41) is 59.6. The molecule has 0 saturated heterocycles. The van der Waals surface area contributed by atoms with Crippen molar-refractivity contribution in [2.45, 2.75) is 174 Å². The number of nitrogens with one attached hydrogen (secondary N) is 9. The van der Waals surface area contributed by atoms with Gasteiger partial charge in [0.2, 0.25) is 59.1 Å². The fraction of sp³-hybridized carbons (Fsp3) is 0.717. The molecule has 0 unspecified atom stereocenters. The highest BCUT2D eigenvalue weighted by Gasteiger charge is 2.36. The smallest absolute Gasteiger partial charge is 0.326 e. The van der Waals surface area contributed by atoms with Gasteiger partial charge < -0.3 is 79.7 Å². The molecule has 426 valence electrons. The molecule has 0 aliphatic rings. The molecule has 17 N–H and O–H groups in total. The molecule has 0 aromatic heterocycles. The topological polar surface area (TPSA) is 463 Å².